The first-order chi connectivity index (χ1) is 9.38. The van der Waals surface area contributed by atoms with Crippen LogP contribution in [0.2, 0.25) is 0 Å². The average Bonchev–Trinajstić information content (AvgIpc) is 3.16. The van der Waals surface area contributed by atoms with E-state index in [-0.39, 0.29) is 0 Å². The maximum absolute atomic E-state index is 3.67. The van der Waals surface area contributed by atoms with Crippen molar-refractivity contribution in [3.63, 3.8) is 0 Å². The Morgan fingerprint density at radius 1 is 0.526 bits per heavy atom. The molecular formula is C18H37N. The van der Waals surface area contributed by atoms with Gasteiger partial charge in [0, 0.05) is 12.1 Å². The van der Waals surface area contributed by atoms with Gasteiger partial charge in [0.15, 0.2) is 0 Å². The fourth-order valence-corrected chi connectivity index (χ4v) is 3.08. The third kappa shape index (κ3) is 9.49. The van der Waals surface area contributed by atoms with Crippen molar-refractivity contribution >= 4 is 0 Å². The summed E-state index contributed by atoms with van der Waals surface area (Å²) in [5.74, 6) is 0. The van der Waals surface area contributed by atoms with Gasteiger partial charge in [0.1, 0.15) is 0 Å². The van der Waals surface area contributed by atoms with E-state index in [1.54, 1.807) is 0 Å². The topological polar surface area (TPSA) is 21.9 Å². The molecule has 0 aromatic heterocycles. The number of hydrogen-bond donors (Lipinski definition) is 1. The molecule has 1 aliphatic heterocycles. The zero-order chi connectivity index (χ0) is 13.8. The van der Waals surface area contributed by atoms with Crippen LogP contribution in [0.1, 0.15) is 104 Å². The first-order valence-electron chi connectivity index (χ1n) is 9.14. The van der Waals surface area contributed by atoms with Crippen LogP contribution in [0.3, 0.4) is 0 Å². The van der Waals surface area contributed by atoms with Crippen LogP contribution >= 0.6 is 0 Å². The second kappa shape index (κ2) is 11.8. The minimum Gasteiger partial charge on any atom is -0.308 e. The van der Waals surface area contributed by atoms with E-state index in [9.17, 15) is 0 Å². The summed E-state index contributed by atoms with van der Waals surface area (Å²) in [6.45, 7) is 4.59. The molecular weight excluding hydrogens is 230 g/mol. The molecule has 0 aliphatic carbocycles. The van der Waals surface area contributed by atoms with Crippen LogP contribution in [0.25, 0.3) is 0 Å². The summed E-state index contributed by atoms with van der Waals surface area (Å²) in [6.07, 6.45) is 20.1. The summed E-state index contributed by atoms with van der Waals surface area (Å²) in [5.41, 5.74) is 0. The van der Waals surface area contributed by atoms with E-state index in [2.05, 4.69) is 19.2 Å². The zero-order valence-corrected chi connectivity index (χ0v) is 13.6. The standard InChI is InChI=1S/C18H37N/c1-3-5-7-9-11-13-15-17-18(19-17)16-14-12-10-8-6-4-2/h17-19H,3-16H2,1-2H3. The predicted molar refractivity (Wildman–Crippen MR) is 86.7 cm³/mol. The summed E-state index contributed by atoms with van der Waals surface area (Å²) < 4.78 is 0. The first kappa shape index (κ1) is 17.0. The van der Waals surface area contributed by atoms with Crippen LogP contribution < -0.4 is 5.32 Å². The molecule has 0 radical (unpaired) electrons. The average molecular weight is 268 g/mol. The van der Waals surface area contributed by atoms with Gasteiger partial charge in [-0.05, 0) is 12.8 Å². The van der Waals surface area contributed by atoms with Crippen molar-refractivity contribution in [3.05, 3.63) is 0 Å². The molecule has 2 unspecified atom stereocenters. The highest BCUT2D eigenvalue weighted by atomic mass is 15.1. The third-order valence-corrected chi connectivity index (χ3v) is 4.54. The van der Waals surface area contributed by atoms with E-state index in [1.807, 2.05) is 0 Å². The normalized spacial score (nSPS) is 21.8. The molecule has 114 valence electrons. The summed E-state index contributed by atoms with van der Waals surface area (Å²) in [4.78, 5) is 0. The molecule has 1 rings (SSSR count). The lowest BCUT2D eigenvalue weighted by Crippen LogP contribution is -1.94. The van der Waals surface area contributed by atoms with Crippen molar-refractivity contribution in [2.45, 2.75) is 116 Å². The quantitative estimate of drug-likeness (QED) is 0.310. The highest BCUT2D eigenvalue weighted by molar-refractivity contribution is 4.97. The monoisotopic (exact) mass is 267 g/mol. The molecule has 1 fully saturated rings. The van der Waals surface area contributed by atoms with Gasteiger partial charge in [0.05, 0.1) is 0 Å². The van der Waals surface area contributed by atoms with E-state index >= 15 is 0 Å². The van der Waals surface area contributed by atoms with E-state index in [0.29, 0.717) is 0 Å². The molecule has 19 heavy (non-hydrogen) atoms. The molecule has 1 N–H and O–H groups in total. The van der Waals surface area contributed by atoms with Crippen LogP contribution in [0.4, 0.5) is 0 Å². The van der Waals surface area contributed by atoms with Crippen molar-refractivity contribution in [3.8, 4) is 0 Å². The number of hydrogen-bond acceptors (Lipinski definition) is 1. The third-order valence-electron chi connectivity index (χ3n) is 4.54. The molecule has 0 aromatic carbocycles. The molecule has 0 amide bonds. The van der Waals surface area contributed by atoms with Crippen LogP contribution in [0.5, 0.6) is 0 Å². The Balaban J connectivity index is 1.76. The summed E-state index contributed by atoms with van der Waals surface area (Å²) >= 11 is 0. The van der Waals surface area contributed by atoms with E-state index in [0.717, 1.165) is 12.1 Å². The van der Waals surface area contributed by atoms with Crippen molar-refractivity contribution in [2.24, 2.45) is 0 Å². The first-order valence-corrected chi connectivity index (χ1v) is 9.14. The largest absolute Gasteiger partial charge is 0.308 e. The minimum atomic E-state index is 0.891. The molecule has 2 atom stereocenters. The van der Waals surface area contributed by atoms with Crippen molar-refractivity contribution < 1.29 is 0 Å². The Bertz CT molecular complexity index is 170. The lowest BCUT2D eigenvalue weighted by molar-refractivity contribution is 0.566. The summed E-state index contributed by atoms with van der Waals surface area (Å²) in [5, 5.41) is 3.67. The smallest absolute Gasteiger partial charge is 0.0224 e. The molecule has 1 heterocycles. The van der Waals surface area contributed by atoms with E-state index < -0.39 is 0 Å². The maximum atomic E-state index is 3.67. The highest BCUT2D eigenvalue weighted by Crippen LogP contribution is 2.23. The zero-order valence-electron chi connectivity index (χ0n) is 13.6. The van der Waals surface area contributed by atoms with Crippen LogP contribution in [-0.4, -0.2) is 12.1 Å². The lowest BCUT2D eigenvalue weighted by Gasteiger charge is -2.01. The Morgan fingerprint density at radius 3 is 1.32 bits per heavy atom. The van der Waals surface area contributed by atoms with Gasteiger partial charge >= 0.3 is 0 Å². The number of rotatable bonds is 14. The SMILES string of the molecule is CCCCCCCCC1NC1CCCCCCCC. The fourth-order valence-electron chi connectivity index (χ4n) is 3.08. The second-order valence-corrected chi connectivity index (χ2v) is 6.49. The van der Waals surface area contributed by atoms with Gasteiger partial charge in [-0.3, -0.25) is 0 Å². The molecule has 0 bridgehead atoms. The molecule has 1 aliphatic rings. The maximum Gasteiger partial charge on any atom is 0.0224 e. The Hall–Kier alpha value is -0.0400. The van der Waals surface area contributed by atoms with Gasteiger partial charge in [-0.2, -0.15) is 0 Å². The minimum absolute atomic E-state index is 0.891. The summed E-state index contributed by atoms with van der Waals surface area (Å²) in [7, 11) is 0. The van der Waals surface area contributed by atoms with E-state index in [4.69, 9.17) is 0 Å². The van der Waals surface area contributed by atoms with Crippen LogP contribution in [0, 0.1) is 0 Å². The van der Waals surface area contributed by atoms with Crippen LogP contribution in [-0.2, 0) is 0 Å². The molecule has 1 heteroatoms. The molecule has 0 saturated carbocycles. The Labute approximate surface area is 121 Å². The van der Waals surface area contributed by atoms with Gasteiger partial charge in [-0.15, -0.1) is 0 Å². The van der Waals surface area contributed by atoms with Crippen molar-refractivity contribution in [2.75, 3.05) is 0 Å². The van der Waals surface area contributed by atoms with Gasteiger partial charge in [-0.1, -0.05) is 90.9 Å². The van der Waals surface area contributed by atoms with E-state index in [1.165, 1.54) is 89.9 Å². The van der Waals surface area contributed by atoms with Gasteiger partial charge < -0.3 is 5.32 Å². The van der Waals surface area contributed by atoms with Crippen LogP contribution in [0.15, 0.2) is 0 Å². The second-order valence-electron chi connectivity index (χ2n) is 6.49. The van der Waals surface area contributed by atoms with Gasteiger partial charge in [0.2, 0.25) is 0 Å². The number of nitrogens with one attached hydrogen (secondary N) is 1. The molecule has 0 aromatic rings. The fraction of sp³-hybridized carbons (Fsp3) is 1.00. The Kier molecular flexibility index (Phi) is 10.5. The molecule has 1 saturated heterocycles. The molecule has 1 nitrogen and oxygen atoms in total. The lowest BCUT2D eigenvalue weighted by atomic mass is 10.0. The Morgan fingerprint density at radius 2 is 0.895 bits per heavy atom. The summed E-state index contributed by atoms with van der Waals surface area (Å²) in [6, 6.07) is 1.78. The van der Waals surface area contributed by atoms with Gasteiger partial charge in [-0.25, -0.2) is 0 Å². The van der Waals surface area contributed by atoms with Crippen molar-refractivity contribution in [1.82, 2.24) is 5.32 Å². The predicted octanol–water partition coefficient (Wildman–Crippen LogP) is 5.83. The van der Waals surface area contributed by atoms with Crippen molar-refractivity contribution in [1.29, 1.82) is 0 Å². The molecule has 0 spiro atoms. The highest BCUT2D eigenvalue weighted by Gasteiger charge is 2.33. The van der Waals surface area contributed by atoms with Gasteiger partial charge in [0.25, 0.3) is 0 Å². The number of unbranched alkanes of at least 4 members (excludes halogenated alkanes) is 10.